The van der Waals surface area contributed by atoms with Gasteiger partial charge in [0.05, 0.1) is 17.6 Å². The van der Waals surface area contributed by atoms with Gasteiger partial charge < -0.3 is 14.6 Å². The Hall–Kier alpha value is -2.82. The van der Waals surface area contributed by atoms with E-state index in [0.29, 0.717) is 13.0 Å². The molecule has 0 radical (unpaired) electrons. The van der Waals surface area contributed by atoms with Crippen LogP contribution in [0.2, 0.25) is 0 Å². The second-order valence-corrected chi connectivity index (χ2v) is 8.55. The molecule has 1 amide bonds. The number of aromatic nitrogens is 2. The third-order valence-corrected chi connectivity index (χ3v) is 5.72. The molecule has 0 saturated heterocycles. The third kappa shape index (κ3) is 6.84. The van der Waals surface area contributed by atoms with Gasteiger partial charge in [-0.25, -0.2) is 4.98 Å². The molecule has 5 nitrogen and oxygen atoms in total. The zero-order valence-electron chi connectivity index (χ0n) is 19.8. The van der Waals surface area contributed by atoms with Crippen LogP contribution in [0.25, 0.3) is 11.0 Å². The summed E-state index contributed by atoms with van der Waals surface area (Å²) >= 11 is 0. The predicted octanol–water partition coefficient (Wildman–Crippen LogP) is 5.75. The largest absolute Gasteiger partial charge is 0.493 e. The smallest absolute Gasteiger partial charge is 0.219 e. The fraction of sp³-hybridized carbons (Fsp3) is 0.481. The zero-order chi connectivity index (χ0) is 22.8. The number of para-hydroxylation sites is 2. The predicted molar refractivity (Wildman–Crippen MR) is 131 cm³/mol. The highest BCUT2D eigenvalue weighted by atomic mass is 16.5. The number of aryl methyl sites for hydroxylation is 4. The quantitative estimate of drug-likeness (QED) is 0.348. The first-order valence-electron chi connectivity index (χ1n) is 12.0. The molecule has 0 bridgehead atoms. The maximum Gasteiger partial charge on any atom is 0.219 e. The number of amides is 1. The molecule has 0 atom stereocenters. The van der Waals surface area contributed by atoms with Gasteiger partial charge >= 0.3 is 0 Å². The van der Waals surface area contributed by atoms with Crippen LogP contribution < -0.4 is 10.1 Å². The molecule has 1 heterocycles. The number of benzene rings is 2. The van der Waals surface area contributed by atoms with E-state index in [4.69, 9.17) is 9.72 Å². The van der Waals surface area contributed by atoms with E-state index in [1.54, 1.807) is 0 Å². The standard InChI is InChI=1S/C27H37N3O2/c1-4-11-27(31)28-17-9-5-6-14-26-29-23-12-7-8-13-24(23)30(26)18-10-19-32-25-16-15-21(2)20-22(25)3/h7-8,12-13,15-16,20H,4-6,9-11,14,17-19H2,1-3H3,(H,28,31). The zero-order valence-corrected chi connectivity index (χ0v) is 19.8. The van der Waals surface area contributed by atoms with Crippen molar-refractivity contribution in [2.24, 2.45) is 0 Å². The van der Waals surface area contributed by atoms with Crippen LogP contribution in [0, 0.1) is 13.8 Å². The topological polar surface area (TPSA) is 56.2 Å². The molecule has 3 rings (SSSR count). The van der Waals surface area contributed by atoms with E-state index in [9.17, 15) is 4.79 Å². The molecule has 1 aromatic heterocycles. The molecule has 0 aliphatic rings. The van der Waals surface area contributed by atoms with Gasteiger partial charge in [-0.1, -0.05) is 43.2 Å². The highest BCUT2D eigenvalue weighted by molar-refractivity contribution is 5.76. The monoisotopic (exact) mass is 435 g/mol. The van der Waals surface area contributed by atoms with Crippen molar-refractivity contribution in [2.75, 3.05) is 13.2 Å². The highest BCUT2D eigenvalue weighted by Crippen LogP contribution is 2.20. The van der Waals surface area contributed by atoms with Gasteiger partial charge in [0.1, 0.15) is 11.6 Å². The van der Waals surface area contributed by atoms with Gasteiger partial charge in [-0.2, -0.15) is 0 Å². The average molecular weight is 436 g/mol. The van der Waals surface area contributed by atoms with E-state index in [-0.39, 0.29) is 5.91 Å². The van der Waals surface area contributed by atoms with Gasteiger partial charge in [-0.15, -0.1) is 0 Å². The van der Waals surface area contributed by atoms with Crippen LogP contribution in [0.5, 0.6) is 5.75 Å². The third-order valence-electron chi connectivity index (χ3n) is 5.72. The van der Waals surface area contributed by atoms with Gasteiger partial charge in [-0.3, -0.25) is 4.79 Å². The van der Waals surface area contributed by atoms with E-state index >= 15 is 0 Å². The number of rotatable bonds is 13. The average Bonchev–Trinajstić information content (AvgIpc) is 3.12. The minimum Gasteiger partial charge on any atom is -0.493 e. The van der Waals surface area contributed by atoms with Gasteiger partial charge in [-0.05, 0) is 63.3 Å². The van der Waals surface area contributed by atoms with Gasteiger partial charge in [0.2, 0.25) is 5.91 Å². The Morgan fingerprint density at radius 3 is 2.72 bits per heavy atom. The first kappa shape index (κ1) is 23.8. The van der Waals surface area contributed by atoms with Crippen LogP contribution >= 0.6 is 0 Å². The lowest BCUT2D eigenvalue weighted by Crippen LogP contribution is -2.23. The number of hydrogen-bond donors (Lipinski definition) is 1. The summed E-state index contributed by atoms with van der Waals surface area (Å²) in [5.41, 5.74) is 4.70. The fourth-order valence-electron chi connectivity index (χ4n) is 4.06. The summed E-state index contributed by atoms with van der Waals surface area (Å²) in [6, 6.07) is 14.7. The molecule has 32 heavy (non-hydrogen) atoms. The molecule has 0 spiro atoms. The van der Waals surface area contributed by atoms with Crippen molar-refractivity contribution in [3.05, 3.63) is 59.4 Å². The molecule has 2 aromatic carbocycles. The Balaban J connectivity index is 1.50. The fourth-order valence-corrected chi connectivity index (χ4v) is 4.06. The normalized spacial score (nSPS) is 11.1. The van der Waals surface area contributed by atoms with Gasteiger partial charge in [0.25, 0.3) is 0 Å². The molecule has 172 valence electrons. The molecule has 1 N–H and O–H groups in total. The van der Waals surface area contributed by atoms with Crippen molar-refractivity contribution >= 4 is 16.9 Å². The summed E-state index contributed by atoms with van der Waals surface area (Å²) in [5.74, 6) is 2.28. The molecule has 0 aliphatic heterocycles. The number of nitrogens with one attached hydrogen (secondary N) is 1. The molecule has 0 aliphatic carbocycles. The highest BCUT2D eigenvalue weighted by Gasteiger charge is 2.10. The van der Waals surface area contributed by atoms with Crippen molar-refractivity contribution in [3.63, 3.8) is 0 Å². The summed E-state index contributed by atoms with van der Waals surface area (Å²) in [5, 5.41) is 3.00. The lowest BCUT2D eigenvalue weighted by Gasteiger charge is -2.12. The minimum absolute atomic E-state index is 0.164. The first-order chi connectivity index (χ1) is 15.6. The first-order valence-corrected chi connectivity index (χ1v) is 12.0. The summed E-state index contributed by atoms with van der Waals surface area (Å²) < 4.78 is 8.39. The molecule has 5 heteroatoms. The van der Waals surface area contributed by atoms with Crippen LogP contribution in [0.3, 0.4) is 0 Å². The lowest BCUT2D eigenvalue weighted by molar-refractivity contribution is -0.121. The molecular formula is C27H37N3O2. The summed E-state index contributed by atoms with van der Waals surface area (Å²) in [6.07, 6.45) is 6.59. The van der Waals surface area contributed by atoms with Crippen LogP contribution in [0.4, 0.5) is 0 Å². The van der Waals surface area contributed by atoms with Crippen molar-refractivity contribution in [2.45, 2.75) is 72.3 Å². The van der Waals surface area contributed by atoms with Crippen LogP contribution in [0.15, 0.2) is 42.5 Å². The van der Waals surface area contributed by atoms with E-state index in [0.717, 1.165) is 68.7 Å². The number of imidazole rings is 1. The van der Waals surface area contributed by atoms with Crippen molar-refractivity contribution in [1.29, 1.82) is 0 Å². The number of nitrogens with zero attached hydrogens (tertiary/aromatic N) is 2. The van der Waals surface area contributed by atoms with Crippen molar-refractivity contribution in [1.82, 2.24) is 14.9 Å². The number of ether oxygens (including phenoxy) is 1. The maximum absolute atomic E-state index is 11.6. The van der Waals surface area contributed by atoms with Crippen LogP contribution in [0.1, 0.15) is 62.4 Å². The van der Waals surface area contributed by atoms with Gasteiger partial charge in [0.15, 0.2) is 0 Å². The number of carbonyl (C=O) groups excluding carboxylic acids is 1. The Kier molecular flexibility index (Phi) is 9.14. The van der Waals surface area contributed by atoms with E-state index in [1.165, 1.54) is 16.6 Å². The minimum atomic E-state index is 0.164. The van der Waals surface area contributed by atoms with E-state index in [2.05, 4.69) is 60.1 Å². The summed E-state index contributed by atoms with van der Waals surface area (Å²) in [6.45, 7) is 8.58. The van der Waals surface area contributed by atoms with E-state index in [1.807, 2.05) is 13.0 Å². The Morgan fingerprint density at radius 2 is 1.91 bits per heavy atom. The Bertz CT molecular complexity index is 1010. The molecular weight excluding hydrogens is 398 g/mol. The number of fused-ring (bicyclic) bond motifs is 1. The Morgan fingerprint density at radius 1 is 1.06 bits per heavy atom. The number of hydrogen-bond acceptors (Lipinski definition) is 3. The summed E-state index contributed by atoms with van der Waals surface area (Å²) in [4.78, 5) is 16.5. The van der Waals surface area contributed by atoms with E-state index < -0.39 is 0 Å². The van der Waals surface area contributed by atoms with Crippen LogP contribution in [-0.2, 0) is 17.8 Å². The van der Waals surface area contributed by atoms with Gasteiger partial charge in [0, 0.05) is 25.9 Å². The Labute approximate surface area is 192 Å². The molecule has 0 fully saturated rings. The SMILES string of the molecule is CCCC(=O)NCCCCCc1nc2ccccc2n1CCCOc1ccc(C)cc1C. The molecule has 0 unspecified atom stereocenters. The summed E-state index contributed by atoms with van der Waals surface area (Å²) in [7, 11) is 0. The van der Waals surface area contributed by atoms with Crippen molar-refractivity contribution < 1.29 is 9.53 Å². The van der Waals surface area contributed by atoms with Crippen molar-refractivity contribution in [3.8, 4) is 5.75 Å². The maximum atomic E-state index is 11.6. The second kappa shape index (κ2) is 12.3. The second-order valence-electron chi connectivity index (χ2n) is 8.55. The molecule has 0 saturated carbocycles. The number of carbonyl (C=O) groups is 1. The van der Waals surface area contributed by atoms with Crippen LogP contribution in [-0.4, -0.2) is 28.6 Å². The molecule has 3 aromatic rings. The lowest BCUT2D eigenvalue weighted by atomic mass is 10.1. The number of unbranched alkanes of at least 4 members (excludes halogenated alkanes) is 2.